The molecule has 17 heavy (non-hydrogen) atoms. The molecule has 0 bridgehead atoms. The van der Waals surface area contributed by atoms with E-state index < -0.39 is 5.60 Å². The molecule has 4 heteroatoms. The van der Waals surface area contributed by atoms with Gasteiger partial charge in [-0.1, -0.05) is 6.07 Å². The molecule has 1 fully saturated rings. The van der Waals surface area contributed by atoms with E-state index in [2.05, 4.69) is 0 Å². The quantitative estimate of drug-likeness (QED) is 0.860. The van der Waals surface area contributed by atoms with E-state index in [0.29, 0.717) is 24.3 Å². The van der Waals surface area contributed by atoms with E-state index in [1.54, 1.807) is 12.1 Å². The van der Waals surface area contributed by atoms with E-state index in [-0.39, 0.29) is 11.9 Å². The molecule has 1 aromatic carbocycles. The number of benzene rings is 1. The second-order valence-electron chi connectivity index (χ2n) is 4.65. The average Bonchev–Trinajstić information content (AvgIpc) is 2.27. The van der Waals surface area contributed by atoms with Gasteiger partial charge in [0, 0.05) is 12.6 Å². The summed E-state index contributed by atoms with van der Waals surface area (Å²) in [6.45, 7) is 2.42. The first kappa shape index (κ1) is 12.3. The van der Waals surface area contributed by atoms with Gasteiger partial charge in [0.15, 0.2) is 0 Å². The number of hydrogen-bond acceptors (Lipinski definition) is 3. The Labute approximate surface area is 101 Å². The molecule has 2 N–H and O–H groups in total. The molecule has 2 rings (SSSR count). The van der Waals surface area contributed by atoms with Crippen LogP contribution in [0.1, 0.15) is 25.3 Å². The number of methoxy groups -OCH3 is 1. The summed E-state index contributed by atoms with van der Waals surface area (Å²) in [7, 11) is 1.53. The molecule has 94 valence electrons. The minimum Gasteiger partial charge on any atom is -0.496 e. The molecule has 0 spiro atoms. The maximum absolute atomic E-state index is 14.0. The molecule has 0 saturated carbocycles. The van der Waals surface area contributed by atoms with E-state index in [4.69, 9.17) is 15.2 Å². The Morgan fingerprint density at radius 3 is 2.94 bits per heavy atom. The largest absolute Gasteiger partial charge is 0.496 e. The molecule has 1 heterocycles. The van der Waals surface area contributed by atoms with Gasteiger partial charge in [-0.15, -0.1) is 0 Å². The van der Waals surface area contributed by atoms with Crippen LogP contribution in [0.15, 0.2) is 18.2 Å². The predicted octanol–water partition coefficient (Wildman–Crippen LogP) is 2.19. The van der Waals surface area contributed by atoms with Crippen LogP contribution in [-0.4, -0.2) is 19.8 Å². The fourth-order valence-corrected chi connectivity index (χ4v) is 2.46. The van der Waals surface area contributed by atoms with Crippen LogP contribution in [-0.2, 0) is 10.3 Å². The highest BCUT2D eigenvalue weighted by Crippen LogP contribution is 2.40. The lowest BCUT2D eigenvalue weighted by Gasteiger charge is -2.38. The third-order valence-electron chi connectivity index (χ3n) is 3.29. The van der Waals surface area contributed by atoms with Crippen molar-refractivity contribution in [3.8, 4) is 5.75 Å². The molecule has 1 aromatic rings. The van der Waals surface area contributed by atoms with Crippen molar-refractivity contribution < 1.29 is 13.9 Å². The van der Waals surface area contributed by atoms with Crippen LogP contribution >= 0.6 is 0 Å². The van der Waals surface area contributed by atoms with E-state index in [0.717, 1.165) is 6.42 Å². The fourth-order valence-electron chi connectivity index (χ4n) is 2.46. The summed E-state index contributed by atoms with van der Waals surface area (Å²) in [4.78, 5) is 0. The van der Waals surface area contributed by atoms with Gasteiger partial charge in [-0.3, -0.25) is 0 Å². The third kappa shape index (κ3) is 2.28. The second kappa shape index (κ2) is 4.63. The summed E-state index contributed by atoms with van der Waals surface area (Å²) in [6.07, 6.45) is 1.41. The third-order valence-corrected chi connectivity index (χ3v) is 3.29. The average molecular weight is 239 g/mol. The zero-order valence-corrected chi connectivity index (χ0v) is 10.2. The van der Waals surface area contributed by atoms with Gasteiger partial charge < -0.3 is 15.2 Å². The Kier molecular flexibility index (Phi) is 3.35. The topological polar surface area (TPSA) is 44.5 Å². The van der Waals surface area contributed by atoms with E-state index >= 15 is 0 Å². The smallest absolute Gasteiger partial charge is 0.133 e. The van der Waals surface area contributed by atoms with Crippen molar-refractivity contribution >= 4 is 0 Å². The summed E-state index contributed by atoms with van der Waals surface area (Å²) in [6, 6.07) is 4.84. The van der Waals surface area contributed by atoms with Crippen LogP contribution in [0, 0.1) is 5.82 Å². The fraction of sp³-hybridized carbons (Fsp3) is 0.538. The number of halogens is 1. The summed E-state index contributed by atoms with van der Waals surface area (Å²) in [5.41, 5.74) is 5.72. The van der Waals surface area contributed by atoms with Crippen LogP contribution in [0.2, 0.25) is 0 Å². The first-order valence-corrected chi connectivity index (χ1v) is 5.79. The molecule has 1 saturated heterocycles. The SMILES string of the molecule is COc1cccc(F)c1C1(C)CC(N)CCO1. The van der Waals surface area contributed by atoms with E-state index in [1.165, 1.54) is 13.2 Å². The first-order valence-electron chi connectivity index (χ1n) is 5.79. The minimum atomic E-state index is -0.700. The first-order chi connectivity index (χ1) is 8.07. The normalized spacial score (nSPS) is 29.1. The lowest BCUT2D eigenvalue weighted by Crippen LogP contribution is -2.41. The van der Waals surface area contributed by atoms with Crippen molar-refractivity contribution in [3.63, 3.8) is 0 Å². The lowest BCUT2D eigenvalue weighted by molar-refractivity contribution is -0.0797. The maximum atomic E-state index is 14.0. The second-order valence-corrected chi connectivity index (χ2v) is 4.65. The zero-order chi connectivity index (χ0) is 12.5. The number of rotatable bonds is 2. The highest BCUT2D eigenvalue weighted by atomic mass is 19.1. The van der Waals surface area contributed by atoms with Crippen molar-refractivity contribution in [2.75, 3.05) is 13.7 Å². The summed E-state index contributed by atoms with van der Waals surface area (Å²) < 4.78 is 25.0. The van der Waals surface area contributed by atoms with Gasteiger partial charge in [0.2, 0.25) is 0 Å². The van der Waals surface area contributed by atoms with Crippen LogP contribution in [0.25, 0.3) is 0 Å². The molecule has 1 aliphatic heterocycles. The van der Waals surface area contributed by atoms with E-state index in [1.807, 2.05) is 6.92 Å². The molecule has 2 atom stereocenters. The molecule has 0 aliphatic carbocycles. The summed E-state index contributed by atoms with van der Waals surface area (Å²) in [5, 5.41) is 0. The zero-order valence-electron chi connectivity index (χ0n) is 10.2. The Morgan fingerprint density at radius 1 is 1.53 bits per heavy atom. The van der Waals surface area contributed by atoms with Gasteiger partial charge in [0.05, 0.1) is 18.3 Å². The Balaban J connectivity index is 2.44. The Bertz CT molecular complexity index is 410. The van der Waals surface area contributed by atoms with Gasteiger partial charge in [-0.25, -0.2) is 4.39 Å². The summed E-state index contributed by atoms with van der Waals surface area (Å²) in [5.74, 6) is 0.211. The number of hydrogen-bond donors (Lipinski definition) is 1. The van der Waals surface area contributed by atoms with Gasteiger partial charge in [0.25, 0.3) is 0 Å². The monoisotopic (exact) mass is 239 g/mol. The summed E-state index contributed by atoms with van der Waals surface area (Å²) >= 11 is 0. The molecule has 2 unspecified atom stereocenters. The van der Waals surface area contributed by atoms with Crippen molar-refractivity contribution in [1.82, 2.24) is 0 Å². The van der Waals surface area contributed by atoms with Gasteiger partial charge >= 0.3 is 0 Å². The van der Waals surface area contributed by atoms with Gasteiger partial charge in [-0.2, -0.15) is 0 Å². The van der Waals surface area contributed by atoms with Crippen LogP contribution < -0.4 is 10.5 Å². The maximum Gasteiger partial charge on any atom is 0.133 e. The highest BCUT2D eigenvalue weighted by Gasteiger charge is 2.38. The van der Waals surface area contributed by atoms with Crippen molar-refractivity contribution in [2.24, 2.45) is 5.73 Å². The molecule has 0 radical (unpaired) electrons. The Hall–Kier alpha value is -1.13. The molecule has 0 amide bonds. The highest BCUT2D eigenvalue weighted by molar-refractivity contribution is 5.39. The van der Waals surface area contributed by atoms with Gasteiger partial charge in [-0.05, 0) is 31.9 Å². The minimum absolute atomic E-state index is 0.0399. The standard InChI is InChI=1S/C13H18FNO2/c1-13(8-9(15)6-7-17-13)12-10(14)4-3-5-11(12)16-2/h3-5,9H,6-8,15H2,1-2H3. The molecule has 3 nitrogen and oxygen atoms in total. The van der Waals surface area contributed by atoms with Gasteiger partial charge in [0.1, 0.15) is 11.6 Å². The lowest BCUT2D eigenvalue weighted by atomic mass is 9.85. The molecule has 1 aliphatic rings. The van der Waals surface area contributed by atoms with Crippen LogP contribution in [0.5, 0.6) is 5.75 Å². The van der Waals surface area contributed by atoms with Crippen LogP contribution in [0.3, 0.4) is 0 Å². The number of ether oxygens (including phenoxy) is 2. The van der Waals surface area contributed by atoms with Crippen molar-refractivity contribution in [3.05, 3.63) is 29.6 Å². The molecular weight excluding hydrogens is 221 g/mol. The van der Waals surface area contributed by atoms with Crippen LogP contribution in [0.4, 0.5) is 4.39 Å². The molecule has 0 aromatic heterocycles. The van der Waals surface area contributed by atoms with Crippen molar-refractivity contribution in [2.45, 2.75) is 31.4 Å². The number of nitrogens with two attached hydrogens (primary N) is 1. The molecular formula is C13H18FNO2. The Morgan fingerprint density at radius 2 is 2.29 bits per heavy atom. The predicted molar refractivity (Wildman–Crippen MR) is 63.5 cm³/mol. The van der Waals surface area contributed by atoms with Crippen molar-refractivity contribution in [1.29, 1.82) is 0 Å². The van der Waals surface area contributed by atoms with E-state index in [9.17, 15) is 4.39 Å².